The number of methoxy groups -OCH3 is 2. The van der Waals surface area contributed by atoms with Crippen LogP contribution in [0.1, 0.15) is 24.8 Å². The molecule has 6 nitrogen and oxygen atoms in total. The van der Waals surface area contributed by atoms with Crippen LogP contribution in [0.25, 0.3) is 0 Å². The molecule has 0 aromatic heterocycles. The molecule has 2 fully saturated rings. The number of nitrogens with zero attached hydrogens (tertiary/aromatic N) is 2. The van der Waals surface area contributed by atoms with Crippen LogP contribution in [0.2, 0.25) is 0 Å². The van der Waals surface area contributed by atoms with Crippen LogP contribution in [0.4, 0.5) is 4.79 Å². The number of hydrogen-bond donors (Lipinski definition) is 1. The average molecular weight is 347 g/mol. The number of urea groups is 1. The van der Waals surface area contributed by atoms with Gasteiger partial charge < -0.3 is 19.7 Å². The summed E-state index contributed by atoms with van der Waals surface area (Å²) in [4.78, 5) is 16.8. The van der Waals surface area contributed by atoms with Crippen LogP contribution >= 0.6 is 0 Å². The van der Waals surface area contributed by atoms with Crippen LogP contribution in [-0.4, -0.2) is 68.4 Å². The van der Waals surface area contributed by atoms with E-state index in [0.29, 0.717) is 18.7 Å². The summed E-state index contributed by atoms with van der Waals surface area (Å²) in [5.41, 5.74) is 1.08. The first-order valence-electron chi connectivity index (χ1n) is 9.12. The van der Waals surface area contributed by atoms with Crippen molar-refractivity contribution in [3.63, 3.8) is 0 Å². The quantitative estimate of drug-likeness (QED) is 0.886. The normalized spacial score (nSPS) is 22.2. The lowest BCUT2D eigenvalue weighted by atomic mass is 10.0. The predicted molar refractivity (Wildman–Crippen MR) is 96.8 cm³/mol. The summed E-state index contributed by atoms with van der Waals surface area (Å²) < 4.78 is 10.6. The number of rotatable bonds is 5. The van der Waals surface area contributed by atoms with E-state index >= 15 is 0 Å². The highest BCUT2D eigenvalue weighted by molar-refractivity contribution is 5.74. The summed E-state index contributed by atoms with van der Waals surface area (Å²) in [5.74, 6) is 0.828. The summed E-state index contributed by atoms with van der Waals surface area (Å²) in [6.45, 7) is 4.35. The Bertz CT molecular complexity index is 556. The third-order valence-corrected chi connectivity index (χ3v) is 5.38. The molecule has 138 valence electrons. The molecular formula is C19H29N3O3. The first-order valence-corrected chi connectivity index (χ1v) is 9.12. The lowest BCUT2D eigenvalue weighted by Crippen LogP contribution is -2.49. The van der Waals surface area contributed by atoms with Gasteiger partial charge in [0.2, 0.25) is 0 Å². The third-order valence-electron chi connectivity index (χ3n) is 5.38. The molecule has 0 radical (unpaired) electrons. The molecule has 0 saturated carbocycles. The number of ether oxygens (including phenoxy) is 2. The van der Waals surface area contributed by atoms with Gasteiger partial charge in [-0.25, -0.2) is 4.79 Å². The number of carbonyl (C=O) groups excluding carboxylic acids is 1. The van der Waals surface area contributed by atoms with Crippen LogP contribution in [0.3, 0.4) is 0 Å². The molecule has 2 saturated heterocycles. The van der Waals surface area contributed by atoms with E-state index in [0.717, 1.165) is 56.8 Å². The number of nitrogens with one attached hydrogen (secondary N) is 1. The molecule has 1 aromatic rings. The fourth-order valence-electron chi connectivity index (χ4n) is 3.74. The van der Waals surface area contributed by atoms with Crippen molar-refractivity contribution in [3.8, 4) is 5.75 Å². The molecule has 0 spiro atoms. The number of likely N-dealkylation sites (tertiary alicyclic amines) is 2. The third kappa shape index (κ3) is 4.64. The van der Waals surface area contributed by atoms with Crippen LogP contribution in [0.5, 0.6) is 5.75 Å². The Kier molecular flexibility index (Phi) is 6.15. The fraction of sp³-hybridized carbons (Fsp3) is 0.632. The molecule has 2 aliphatic rings. The van der Waals surface area contributed by atoms with E-state index in [9.17, 15) is 4.79 Å². The number of hydrogen-bond acceptors (Lipinski definition) is 4. The monoisotopic (exact) mass is 347 g/mol. The van der Waals surface area contributed by atoms with Crippen molar-refractivity contribution >= 4 is 6.03 Å². The molecule has 2 heterocycles. The van der Waals surface area contributed by atoms with E-state index in [1.165, 1.54) is 0 Å². The number of amides is 2. The first-order chi connectivity index (χ1) is 12.2. The Balaban J connectivity index is 1.40. The minimum absolute atomic E-state index is 0.0328. The van der Waals surface area contributed by atoms with Gasteiger partial charge in [-0.05, 0) is 37.0 Å². The number of piperidine rings is 1. The molecule has 6 heteroatoms. The van der Waals surface area contributed by atoms with Gasteiger partial charge in [0.25, 0.3) is 0 Å². The van der Waals surface area contributed by atoms with Crippen molar-refractivity contribution in [2.45, 2.75) is 38.0 Å². The zero-order valence-electron chi connectivity index (χ0n) is 15.2. The highest BCUT2D eigenvalue weighted by Crippen LogP contribution is 2.22. The predicted octanol–water partition coefficient (Wildman–Crippen LogP) is 2.09. The van der Waals surface area contributed by atoms with Crippen LogP contribution < -0.4 is 10.1 Å². The van der Waals surface area contributed by atoms with Crippen molar-refractivity contribution in [2.75, 3.05) is 40.4 Å². The van der Waals surface area contributed by atoms with Gasteiger partial charge in [-0.3, -0.25) is 4.90 Å². The van der Waals surface area contributed by atoms with Crippen molar-refractivity contribution in [1.29, 1.82) is 0 Å². The molecule has 2 aliphatic heterocycles. The van der Waals surface area contributed by atoms with Gasteiger partial charge in [-0.2, -0.15) is 0 Å². The Morgan fingerprint density at radius 2 is 1.84 bits per heavy atom. The minimum atomic E-state index is 0.0328. The van der Waals surface area contributed by atoms with Crippen LogP contribution in [0, 0.1) is 0 Å². The second-order valence-corrected chi connectivity index (χ2v) is 6.87. The molecule has 1 unspecified atom stereocenters. The van der Waals surface area contributed by atoms with E-state index in [-0.39, 0.29) is 6.03 Å². The van der Waals surface area contributed by atoms with Crippen LogP contribution in [0.15, 0.2) is 24.3 Å². The smallest absolute Gasteiger partial charge is 0.317 e. The molecule has 0 bridgehead atoms. The highest BCUT2D eigenvalue weighted by Gasteiger charge is 2.31. The highest BCUT2D eigenvalue weighted by atomic mass is 16.5. The molecule has 3 rings (SSSR count). The number of carbonyl (C=O) groups is 1. The Hall–Kier alpha value is -1.79. The van der Waals surface area contributed by atoms with Crippen molar-refractivity contribution in [2.24, 2.45) is 0 Å². The van der Waals surface area contributed by atoms with E-state index in [4.69, 9.17) is 9.47 Å². The van der Waals surface area contributed by atoms with Gasteiger partial charge in [0.15, 0.2) is 0 Å². The fourth-order valence-corrected chi connectivity index (χ4v) is 3.74. The lowest BCUT2D eigenvalue weighted by Gasteiger charge is -2.36. The van der Waals surface area contributed by atoms with Crippen molar-refractivity contribution in [3.05, 3.63) is 29.8 Å². The summed E-state index contributed by atoms with van der Waals surface area (Å²) in [6.07, 6.45) is 3.60. The number of benzene rings is 1. The average Bonchev–Trinajstić information content (AvgIpc) is 3.16. The van der Waals surface area contributed by atoms with Gasteiger partial charge in [0.1, 0.15) is 5.75 Å². The van der Waals surface area contributed by atoms with E-state index in [2.05, 4.69) is 10.2 Å². The van der Waals surface area contributed by atoms with Gasteiger partial charge >= 0.3 is 6.03 Å². The zero-order chi connectivity index (χ0) is 17.6. The van der Waals surface area contributed by atoms with Crippen molar-refractivity contribution in [1.82, 2.24) is 15.1 Å². The van der Waals surface area contributed by atoms with Gasteiger partial charge in [0, 0.05) is 45.9 Å². The zero-order valence-corrected chi connectivity index (χ0v) is 15.2. The van der Waals surface area contributed by atoms with E-state index < -0.39 is 0 Å². The molecule has 1 aromatic carbocycles. The molecule has 1 N–H and O–H groups in total. The Morgan fingerprint density at radius 1 is 1.12 bits per heavy atom. The summed E-state index contributed by atoms with van der Waals surface area (Å²) >= 11 is 0. The maximum absolute atomic E-state index is 12.4. The van der Waals surface area contributed by atoms with Crippen LogP contribution in [-0.2, 0) is 11.3 Å². The molecule has 2 amide bonds. The molecule has 1 atom stereocenters. The Morgan fingerprint density at radius 3 is 2.44 bits per heavy atom. The van der Waals surface area contributed by atoms with E-state index in [1.807, 2.05) is 29.2 Å². The first kappa shape index (κ1) is 18.0. The van der Waals surface area contributed by atoms with E-state index in [1.54, 1.807) is 14.2 Å². The van der Waals surface area contributed by atoms with Gasteiger partial charge in [-0.15, -0.1) is 0 Å². The lowest BCUT2D eigenvalue weighted by molar-refractivity contribution is 0.0879. The molecule has 0 aliphatic carbocycles. The topological polar surface area (TPSA) is 54.0 Å². The standard InChI is InChI=1S/C19H29N3O3/c1-24-17-5-3-15(4-6-17)13-20-19(23)21-10-7-16(8-11-21)22-12-9-18(14-22)25-2/h3-6,16,18H,7-14H2,1-2H3,(H,20,23). The molecular weight excluding hydrogens is 318 g/mol. The largest absolute Gasteiger partial charge is 0.497 e. The van der Waals surface area contributed by atoms with Crippen molar-refractivity contribution < 1.29 is 14.3 Å². The summed E-state index contributed by atoms with van der Waals surface area (Å²) in [5, 5.41) is 3.02. The van der Waals surface area contributed by atoms with Gasteiger partial charge in [0.05, 0.1) is 13.2 Å². The SMILES string of the molecule is COc1ccc(CNC(=O)N2CCC(N3CCC(OC)C3)CC2)cc1. The maximum Gasteiger partial charge on any atom is 0.317 e. The second kappa shape index (κ2) is 8.54. The Labute approximate surface area is 150 Å². The maximum atomic E-state index is 12.4. The molecule has 25 heavy (non-hydrogen) atoms. The summed E-state index contributed by atoms with van der Waals surface area (Å²) in [6, 6.07) is 8.40. The minimum Gasteiger partial charge on any atom is -0.497 e. The second-order valence-electron chi connectivity index (χ2n) is 6.87. The summed E-state index contributed by atoms with van der Waals surface area (Å²) in [7, 11) is 3.45. The van der Waals surface area contributed by atoms with Gasteiger partial charge in [-0.1, -0.05) is 12.1 Å².